The third-order valence-electron chi connectivity index (χ3n) is 4.25. The molecule has 0 atom stereocenters. The van der Waals surface area contributed by atoms with Gasteiger partial charge in [-0.2, -0.15) is 0 Å². The first-order chi connectivity index (χ1) is 9.57. The van der Waals surface area contributed by atoms with Crippen LogP contribution < -0.4 is 10.5 Å². The second-order valence-corrected chi connectivity index (χ2v) is 5.25. The van der Waals surface area contributed by atoms with Crippen molar-refractivity contribution in [1.29, 1.82) is 0 Å². The van der Waals surface area contributed by atoms with E-state index in [4.69, 9.17) is 15.2 Å². The Kier molecular flexibility index (Phi) is 4.18. The fourth-order valence-corrected chi connectivity index (χ4v) is 3.06. The Morgan fingerprint density at radius 3 is 2.50 bits per heavy atom. The van der Waals surface area contributed by atoms with Crippen LogP contribution in [0.4, 0.5) is 0 Å². The third-order valence-corrected chi connectivity index (χ3v) is 4.25. The van der Waals surface area contributed by atoms with Crippen LogP contribution in [-0.4, -0.2) is 31.8 Å². The zero-order chi connectivity index (χ0) is 14.8. The number of aromatic hydroxyl groups is 1. The molecule has 0 radical (unpaired) electrons. The molecule has 1 aliphatic carbocycles. The first-order valence-corrected chi connectivity index (χ1v) is 6.78. The van der Waals surface area contributed by atoms with E-state index in [1.807, 2.05) is 0 Å². The summed E-state index contributed by atoms with van der Waals surface area (Å²) in [5.41, 5.74) is 6.85. The lowest BCUT2D eigenvalue weighted by atomic mass is 9.77. The Morgan fingerprint density at radius 1 is 1.35 bits per heavy atom. The number of nitrogens with two attached hydrogens (primary N) is 1. The molecule has 5 heteroatoms. The molecule has 3 N–H and O–H groups in total. The van der Waals surface area contributed by atoms with Crippen molar-refractivity contribution in [1.82, 2.24) is 0 Å². The van der Waals surface area contributed by atoms with Crippen LogP contribution in [0.25, 0.3) is 0 Å². The van der Waals surface area contributed by atoms with Crippen molar-refractivity contribution in [3.8, 4) is 11.5 Å². The SMILES string of the molecule is COC(=O)c1cc(C2(CN)CCCC2)c(OC)cc1O. The molecule has 20 heavy (non-hydrogen) atoms. The van der Waals surface area contributed by atoms with Gasteiger partial charge in [0.15, 0.2) is 0 Å². The summed E-state index contributed by atoms with van der Waals surface area (Å²) >= 11 is 0. The summed E-state index contributed by atoms with van der Waals surface area (Å²) in [7, 11) is 2.84. The largest absolute Gasteiger partial charge is 0.507 e. The van der Waals surface area contributed by atoms with Crippen molar-refractivity contribution in [3.63, 3.8) is 0 Å². The topological polar surface area (TPSA) is 81.8 Å². The summed E-state index contributed by atoms with van der Waals surface area (Å²) in [6, 6.07) is 3.13. The predicted molar refractivity (Wildman–Crippen MR) is 75.2 cm³/mol. The standard InChI is InChI=1S/C15H21NO4/c1-19-13-8-12(17)10(14(18)20-2)7-11(13)15(9-16)5-3-4-6-15/h7-8,17H,3-6,9,16H2,1-2H3. The van der Waals surface area contributed by atoms with E-state index < -0.39 is 5.97 Å². The van der Waals surface area contributed by atoms with Crippen molar-refractivity contribution in [2.75, 3.05) is 20.8 Å². The minimum Gasteiger partial charge on any atom is -0.507 e. The van der Waals surface area contributed by atoms with E-state index in [1.165, 1.54) is 13.2 Å². The van der Waals surface area contributed by atoms with Crippen LogP contribution in [0.1, 0.15) is 41.6 Å². The molecule has 110 valence electrons. The fraction of sp³-hybridized carbons (Fsp3) is 0.533. The number of carbonyl (C=O) groups is 1. The van der Waals surface area contributed by atoms with Gasteiger partial charge in [0.25, 0.3) is 0 Å². The zero-order valence-corrected chi connectivity index (χ0v) is 11.9. The molecular weight excluding hydrogens is 258 g/mol. The predicted octanol–water partition coefficient (Wildman–Crippen LogP) is 1.96. The van der Waals surface area contributed by atoms with Gasteiger partial charge in [-0.1, -0.05) is 12.8 Å². The molecule has 1 aromatic rings. The van der Waals surface area contributed by atoms with Crippen LogP contribution in [0.5, 0.6) is 11.5 Å². The van der Waals surface area contributed by atoms with Gasteiger partial charge in [0.2, 0.25) is 0 Å². The van der Waals surface area contributed by atoms with Crippen LogP contribution in [0.3, 0.4) is 0 Å². The molecule has 0 saturated heterocycles. The smallest absolute Gasteiger partial charge is 0.341 e. The molecule has 0 aliphatic heterocycles. The Balaban J connectivity index is 2.58. The molecule has 0 heterocycles. The second-order valence-electron chi connectivity index (χ2n) is 5.25. The maximum Gasteiger partial charge on any atom is 0.341 e. The molecule has 0 amide bonds. The summed E-state index contributed by atoms with van der Waals surface area (Å²) in [6.07, 6.45) is 4.14. The Labute approximate surface area is 118 Å². The zero-order valence-electron chi connectivity index (χ0n) is 11.9. The van der Waals surface area contributed by atoms with Crippen LogP contribution in [0.15, 0.2) is 12.1 Å². The van der Waals surface area contributed by atoms with Crippen molar-refractivity contribution in [2.45, 2.75) is 31.1 Å². The number of phenols is 1. The highest BCUT2D eigenvalue weighted by Gasteiger charge is 2.37. The van der Waals surface area contributed by atoms with Gasteiger partial charge in [-0.05, 0) is 18.9 Å². The number of methoxy groups -OCH3 is 2. The first-order valence-electron chi connectivity index (χ1n) is 6.78. The highest BCUT2D eigenvalue weighted by molar-refractivity contribution is 5.93. The number of hydrogen-bond donors (Lipinski definition) is 2. The van der Waals surface area contributed by atoms with E-state index in [2.05, 4.69) is 0 Å². The van der Waals surface area contributed by atoms with Gasteiger partial charge in [0.05, 0.1) is 14.2 Å². The number of hydrogen-bond acceptors (Lipinski definition) is 5. The number of phenolic OH excluding ortho intramolecular Hbond substituents is 1. The van der Waals surface area contributed by atoms with Crippen LogP contribution in [-0.2, 0) is 10.2 Å². The summed E-state index contributed by atoms with van der Waals surface area (Å²) < 4.78 is 10.1. The van der Waals surface area contributed by atoms with Gasteiger partial charge in [-0.15, -0.1) is 0 Å². The van der Waals surface area contributed by atoms with Gasteiger partial charge in [-0.25, -0.2) is 4.79 Å². The molecule has 0 bridgehead atoms. The fourth-order valence-electron chi connectivity index (χ4n) is 3.06. The lowest BCUT2D eigenvalue weighted by Crippen LogP contribution is -2.32. The first kappa shape index (κ1) is 14.7. The highest BCUT2D eigenvalue weighted by atomic mass is 16.5. The summed E-state index contributed by atoms with van der Waals surface area (Å²) in [5, 5.41) is 9.94. The maximum atomic E-state index is 11.7. The molecule has 5 nitrogen and oxygen atoms in total. The van der Waals surface area contributed by atoms with Gasteiger partial charge in [0.1, 0.15) is 17.1 Å². The Bertz CT molecular complexity index is 507. The van der Waals surface area contributed by atoms with E-state index in [-0.39, 0.29) is 16.7 Å². The number of ether oxygens (including phenoxy) is 2. The van der Waals surface area contributed by atoms with Gasteiger partial charge < -0.3 is 20.3 Å². The van der Waals surface area contributed by atoms with Gasteiger partial charge >= 0.3 is 5.97 Å². The number of rotatable bonds is 4. The van der Waals surface area contributed by atoms with E-state index >= 15 is 0 Å². The molecule has 2 rings (SSSR count). The summed E-state index contributed by atoms with van der Waals surface area (Å²) in [4.78, 5) is 11.7. The molecule has 1 saturated carbocycles. The summed E-state index contributed by atoms with van der Waals surface area (Å²) in [5.74, 6) is -0.123. The molecule has 1 fully saturated rings. The average Bonchev–Trinajstić information content (AvgIpc) is 2.96. The minimum atomic E-state index is -0.559. The quantitative estimate of drug-likeness (QED) is 0.823. The molecule has 0 unspecified atom stereocenters. The van der Waals surface area contributed by atoms with E-state index in [1.54, 1.807) is 13.2 Å². The number of benzene rings is 1. The second kappa shape index (κ2) is 5.71. The lowest BCUT2D eigenvalue weighted by Gasteiger charge is -2.30. The van der Waals surface area contributed by atoms with E-state index in [9.17, 15) is 9.90 Å². The minimum absolute atomic E-state index is 0.136. The van der Waals surface area contributed by atoms with Gasteiger partial charge in [0, 0.05) is 23.6 Å². The van der Waals surface area contributed by atoms with Crippen molar-refractivity contribution >= 4 is 5.97 Å². The molecule has 1 aromatic carbocycles. The molecule has 0 spiro atoms. The molecular formula is C15H21NO4. The summed E-state index contributed by atoms with van der Waals surface area (Å²) in [6.45, 7) is 0.495. The number of carbonyl (C=O) groups excluding carboxylic acids is 1. The van der Waals surface area contributed by atoms with E-state index in [0.29, 0.717) is 12.3 Å². The number of esters is 1. The highest BCUT2D eigenvalue weighted by Crippen LogP contribution is 2.45. The van der Waals surface area contributed by atoms with Crippen molar-refractivity contribution in [3.05, 3.63) is 23.3 Å². The maximum absolute atomic E-state index is 11.7. The third kappa shape index (κ3) is 2.33. The molecule has 0 aromatic heterocycles. The van der Waals surface area contributed by atoms with Crippen LogP contribution in [0, 0.1) is 0 Å². The van der Waals surface area contributed by atoms with Crippen LogP contribution in [0.2, 0.25) is 0 Å². The molecule has 1 aliphatic rings. The Morgan fingerprint density at radius 2 is 2.00 bits per heavy atom. The van der Waals surface area contributed by atoms with Crippen molar-refractivity contribution in [2.24, 2.45) is 5.73 Å². The lowest BCUT2D eigenvalue weighted by molar-refractivity contribution is 0.0597. The van der Waals surface area contributed by atoms with Crippen LogP contribution >= 0.6 is 0 Å². The Hall–Kier alpha value is -1.75. The van der Waals surface area contributed by atoms with Gasteiger partial charge in [-0.3, -0.25) is 0 Å². The average molecular weight is 279 g/mol. The van der Waals surface area contributed by atoms with Crippen molar-refractivity contribution < 1.29 is 19.4 Å². The normalized spacial score (nSPS) is 16.9. The van der Waals surface area contributed by atoms with E-state index in [0.717, 1.165) is 31.2 Å². The monoisotopic (exact) mass is 279 g/mol.